The molecule has 1 aromatic rings. The Labute approximate surface area is 87.6 Å². The molecule has 4 N–H and O–H groups in total. The number of carbonyl (C=O) groups is 1. The van der Waals surface area contributed by atoms with E-state index in [0.29, 0.717) is 5.69 Å². The van der Waals surface area contributed by atoms with Gasteiger partial charge in [0.15, 0.2) is 0 Å². The van der Waals surface area contributed by atoms with Crippen LogP contribution in [0.25, 0.3) is 0 Å². The van der Waals surface area contributed by atoms with E-state index in [4.69, 9.17) is 10.9 Å². The van der Waals surface area contributed by atoms with Crippen molar-refractivity contribution in [3.05, 3.63) is 29.3 Å². The van der Waals surface area contributed by atoms with Gasteiger partial charge in [0.05, 0.1) is 0 Å². The summed E-state index contributed by atoms with van der Waals surface area (Å²) in [6.45, 7) is 3.85. The lowest BCUT2D eigenvalue weighted by Gasteiger charge is -2.06. The molecule has 0 fully saturated rings. The van der Waals surface area contributed by atoms with Crippen LogP contribution < -0.4 is 11.1 Å². The van der Waals surface area contributed by atoms with Crippen LogP contribution >= 0.6 is 0 Å². The summed E-state index contributed by atoms with van der Waals surface area (Å²) in [6.07, 6.45) is 0. The van der Waals surface area contributed by atoms with Crippen molar-refractivity contribution < 1.29 is 10.0 Å². The molecule has 80 valence electrons. The maximum absolute atomic E-state index is 11.2. The van der Waals surface area contributed by atoms with Crippen molar-refractivity contribution in [3.63, 3.8) is 0 Å². The summed E-state index contributed by atoms with van der Waals surface area (Å²) in [5, 5.41) is 13.4. The van der Waals surface area contributed by atoms with Crippen LogP contribution in [0.1, 0.15) is 11.1 Å². The number of oxime groups is 1. The van der Waals surface area contributed by atoms with Crippen molar-refractivity contribution in [2.75, 3.05) is 5.32 Å². The van der Waals surface area contributed by atoms with Crippen LogP contribution in [0.3, 0.4) is 0 Å². The van der Waals surface area contributed by atoms with Gasteiger partial charge < -0.3 is 16.3 Å². The van der Waals surface area contributed by atoms with Crippen LogP contribution in [0.2, 0.25) is 0 Å². The highest BCUT2D eigenvalue weighted by molar-refractivity contribution is 6.41. The highest BCUT2D eigenvalue weighted by Gasteiger charge is 2.07. The number of nitrogens with one attached hydrogen (secondary N) is 1. The van der Waals surface area contributed by atoms with Gasteiger partial charge in [0.1, 0.15) is 0 Å². The van der Waals surface area contributed by atoms with Gasteiger partial charge in [-0.2, -0.15) is 0 Å². The molecule has 0 heterocycles. The molecule has 0 unspecified atom stereocenters. The molecule has 0 saturated carbocycles. The number of amides is 1. The zero-order valence-corrected chi connectivity index (χ0v) is 8.61. The number of benzene rings is 1. The third-order valence-electron chi connectivity index (χ3n) is 1.82. The van der Waals surface area contributed by atoms with Crippen LogP contribution in [0, 0.1) is 13.8 Å². The number of hydrogen-bond donors (Lipinski definition) is 3. The molecule has 15 heavy (non-hydrogen) atoms. The van der Waals surface area contributed by atoms with Crippen LogP contribution in [0.15, 0.2) is 23.4 Å². The second-order valence-corrected chi connectivity index (χ2v) is 3.32. The molecule has 0 aliphatic rings. The zero-order chi connectivity index (χ0) is 11.4. The Morgan fingerprint density at radius 1 is 1.33 bits per heavy atom. The van der Waals surface area contributed by atoms with Crippen LogP contribution in [-0.4, -0.2) is 17.0 Å². The molecule has 0 aliphatic heterocycles. The minimum absolute atomic E-state index is 0.464. The summed E-state index contributed by atoms with van der Waals surface area (Å²) in [6, 6.07) is 5.59. The standard InChI is InChI=1S/C10H13N3O2/c1-6-3-7(2)5-8(4-6)12-10(14)9(11)13-15/h3-5,15H,1-2H3,(H2,11,13)(H,12,14). The Morgan fingerprint density at radius 2 is 1.87 bits per heavy atom. The minimum Gasteiger partial charge on any atom is -0.409 e. The zero-order valence-electron chi connectivity index (χ0n) is 8.61. The van der Waals surface area contributed by atoms with E-state index >= 15 is 0 Å². The van der Waals surface area contributed by atoms with Gasteiger partial charge in [-0.1, -0.05) is 11.2 Å². The van der Waals surface area contributed by atoms with E-state index in [-0.39, 0.29) is 0 Å². The normalized spacial score (nSPS) is 11.2. The monoisotopic (exact) mass is 207 g/mol. The number of carbonyl (C=O) groups excluding carboxylic acids is 1. The Bertz CT molecular complexity index is 393. The topological polar surface area (TPSA) is 87.7 Å². The first-order valence-corrected chi connectivity index (χ1v) is 4.40. The first-order chi connectivity index (χ1) is 7.02. The summed E-state index contributed by atoms with van der Waals surface area (Å²) in [5.41, 5.74) is 7.82. The van der Waals surface area contributed by atoms with E-state index in [9.17, 15) is 4.79 Å². The highest BCUT2D eigenvalue weighted by atomic mass is 16.4. The lowest BCUT2D eigenvalue weighted by Crippen LogP contribution is -2.30. The molecule has 5 heteroatoms. The molecular formula is C10H13N3O2. The SMILES string of the molecule is Cc1cc(C)cc(NC(=O)/C(N)=N\O)c1. The van der Waals surface area contributed by atoms with Crippen molar-refractivity contribution in [1.82, 2.24) is 0 Å². The molecule has 1 amide bonds. The van der Waals surface area contributed by atoms with Crippen LogP contribution in [0.4, 0.5) is 5.69 Å². The third kappa shape index (κ3) is 2.98. The summed E-state index contributed by atoms with van der Waals surface area (Å²) < 4.78 is 0. The number of hydrogen-bond acceptors (Lipinski definition) is 3. The molecule has 0 radical (unpaired) electrons. The molecule has 0 bridgehead atoms. The van der Waals surface area contributed by atoms with E-state index in [1.54, 1.807) is 12.1 Å². The largest absolute Gasteiger partial charge is 0.409 e. The Morgan fingerprint density at radius 3 is 2.33 bits per heavy atom. The van der Waals surface area contributed by atoms with Crippen molar-refractivity contribution in [3.8, 4) is 0 Å². The number of amidine groups is 1. The Balaban J connectivity index is 2.86. The summed E-state index contributed by atoms with van der Waals surface area (Å²) in [7, 11) is 0. The predicted molar refractivity (Wildman–Crippen MR) is 58.0 cm³/mol. The quantitative estimate of drug-likeness (QED) is 0.278. The molecule has 0 saturated heterocycles. The van der Waals surface area contributed by atoms with Gasteiger partial charge in [0.25, 0.3) is 5.91 Å². The maximum Gasteiger partial charge on any atom is 0.294 e. The van der Waals surface area contributed by atoms with Crippen molar-refractivity contribution in [2.45, 2.75) is 13.8 Å². The van der Waals surface area contributed by atoms with Crippen LogP contribution in [0.5, 0.6) is 0 Å². The number of aryl methyl sites for hydroxylation is 2. The molecule has 0 aromatic heterocycles. The van der Waals surface area contributed by atoms with E-state index in [0.717, 1.165) is 11.1 Å². The maximum atomic E-state index is 11.2. The average molecular weight is 207 g/mol. The van der Waals surface area contributed by atoms with Crippen LogP contribution in [-0.2, 0) is 4.79 Å². The molecular weight excluding hydrogens is 194 g/mol. The Kier molecular flexibility index (Phi) is 3.28. The average Bonchev–Trinajstić information content (AvgIpc) is 2.14. The second-order valence-electron chi connectivity index (χ2n) is 3.32. The fraction of sp³-hybridized carbons (Fsp3) is 0.200. The van der Waals surface area contributed by atoms with Crippen molar-refractivity contribution in [1.29, 1.82) is 0 Å². The number of nitrogens with two attached hydrogens (primary N) is 1. The predicted octanol–water partition coefficient (Wildman–Crippen LogP) is 0.988. The molecule has 0 aliphatic carbocycles. The summed E-state index contributed by atoms with van der Waals surface area (Å²) in [5.74, 6) is -1.09. The fourth-order valence-electron chi connectivity index (χ4n) is 1.29. The summed E-state index contributed by atoms with van der Waals surface area (Å²) >= 11 is 0. The van der Waals surface area contributed by atoms with Crippen molar-refractivity contribution >= 4 is 17.4 Å². The first-order valence-electron chi connectivity index (χ1n) is 4.40. The van der Waals surface area contributed by atoms with E-state index in [1.165, 1.54) is 0 Å². The number of rotatable bonds is 1. The van der Waals surface area contributed by atoms with Gasteiger partial charge in [-0.3, -0.25) is 4.79 Å². The molecule has 1 rings (SSSR count). The van der Waals surface area contributed by atoms with Gasteiger partial charge in [-0.15, -0.1) is 0 Å². The fourth-order valence-corrected chi connectivity index (χ4v) is 1.29. The van der Waals surface area contributed by atoms with Gasteiger partial charge >= 0.3 is 0 Å². The highest BCUT2D eigenvalue weighted by Crippen LogP contribution is 2.13. The van der Waals surface area contributed by atoms with E-state index < -0.39 is 11.7 Å². The second kappa shape index (κ2) is 4.45. The van der Waals surface area contributed by atoms with Crippen molar-refractivity contribution in [2.24, 2.45) is 10.9 Å². The van der Waals surface area contributed by atoms with Gasteiger partial charge in [-0.05, 0) is 37.1 Å². The van der Waals surface area contributed by atoms with Gasteiger partial charge in [-0.25, -0.2) is 0 Å². The van der Waals surface area contributed by atoms with E-state index in [1.807, 2.05) is 19.9 Å². The smallest absolute Gasteiger partial charge is 0.294 e. The minimum atomic E-state index is -0.623. The van der Waals surface area contributed by atoms with Gasteiger partial charge in [0, 0.05) is 5.69 Å². The molecule has 5 nitrogen and oxygen atoms in total. The molecule has 0 atom stereocenters. The number of nitrogens with zero attached hydrogens (tertiary/aromatic N) is 1. The van der Waals surface area contributed by atoms with Gasteiger partial charge in [0.2, 0.25) is 5.84 Å². The molecule has 1 aromatic carbocycles. The lowest BCUT2D eigenvalue weighted by molar-refractivity contribution is -0.110. The first kappa shape index (κ1) is 11.0. The third-order valence-corrected chi connectivity index (χ3v) is 1.82. The Hall–Kier alpha value is -2.04. The van der Waals surface area contributed by atoms with E-state index in [2.05, 4.69) is 10.5 Å². The molecule has 0 spiro atoms. The lowest BCUT2D eigenvalue weighted by atomic mass is 10.1. The summed E-state index contributed by atoms with van der Waals surface area (Å²) in [4.78, 5) is 11.2. The number of anilines is 1.